The van der Waals surface area contributed by atoms with Gasteiger partial charge in [0.25, 0.3) is 0 Å². The van der Waals surface area contributed by atoms with Crippen LogP contribution >= 0.6 is 0 Å². The second-order valence-corrected chi connectivity index (χ2v) is 6.37. The second-order valence-electron chi connectivity index (χ2n) is 6.37. The van der Waals surface area contributed by atoms with Crippen molar-refractivity contribution in [1.29, 1.82) is 0 Å². The Balaban J connectivity index is 2.27. The average Bonchev–Trinajstić information content (AvgIpc) is 2.57. The molecular formula is C16H22BFO3. The molecular weight excluding hydrogens is 270 g/mol. The van der Waals surface area contributed by atoms with E-state index in [0.717, 1.165) is 0 Å². The van der Waals surface area contributed by atoms with E-state index >= 15 is 0 Å². The predicted octanol–water partition coefficient (Wildman–Crippen LogP) is 3.08. The lowest BCUT2D eigenvalue weighted by atomic mass is 9.79. The van der Waals surface area contributed by atoms with Crippen molar-refractivity contribution in [3.05, 3.63) is 36.7 Å². The highest BCUT2D eigenvalue weighted by molar-refractivity contribution is 6.62. The van der Waals surface area contributed by atoms with Crippen LogP contribution in [-0.2, 0) is 9.31 Å². The van der Waals surface area contributed by atoms with Gasteiger partial charge in [-0.25, -0.2) is 4.39 Å². The minimum absolute atomic E-state index is 0.196. The quantitative estimate of drug-likeness (QED) is 0.630. The first kappa shape index (κ1) is 16.1. The van der Waals surface area contributed by atoms with E-state index in [0.29, 0.717) is 11.2 Å². The maximum Gasteiger partial charge on any atom is 0.495 e. The van der Waals surface area contributed by atoms with Gasteiger partial charge >= 0.3 is 7.12 Å². The van der Waals surface area contributed by atoms with Crippen molar-refractivity contribution in [2.75, 3.05) is 0 Å². The molecule has 114 valence electrons. The summed E-state index contributed by atoms with van der Waals surface area (Å²) >= 11 is 0. The maximum absolute atomic E-state index is 13.8. The van der Waals surface area contributed by atoms with Gasteiger partial charge < -0.3 is 14.0 Å². The Morgan fingerprint density at radius 3 is 2.29 bits per heavy atom. The number of hydrogen-bond acceptors (Lipinski definition) is 3. The molecule has 1 aromatic carbocycles. The van der Waals surface area contributed by atoms with Gasteiger partial charge in [0.15, 0.2) is 0 Å². The van der Waals surface area contributed by atoms with Crippen LogP contribution in [0, 0.1) is 5.82 Å². The SMILES string of the molecule is C=CC(C)Oc1cc(F)cc(B2OC(C)(C)C(C)(C)O2)c1. The van der Waals surface area contributed by atoms with Crippen LogP contribution in [0.1, 0.15) is 34.6 Å². The zero-order valence-corrected chi connectivity index (χ0v) is 13.3. The lowest BCUT2D eigenvalue weighted by molar-refractivity contribution is 0.00578. The van der Waals surface area contributed by atoms with Crippen LogP contribution in [0.25, 0.3) is 0 Å². The van der Waals surface area contributed by atoms with Crippen molar-refractivity contribution in [2.24, 2.45) is 0 Å². The Hall–Kier alpha value is -1.33. The van der Waals surface area contributed by atoms with Gasteiger partial charge in [0, 0.05) is 6.07 Å². The molecule has 5 heteroatoms. The molecule has 0 saturated carbocycles. The molecule has 1 unspecified atom stereocenters. The summed E-state index contributed by atoms with van der Waals surface area (Å²) in [5, 5.41) is 0. The summed E-state index contributed by atoms with van der Waals surface area (Å²) in [6.07, 6.45) is 1.46. The summed E-state index contributed by atoms with van der Waals surface area (Å²) in [7, 11) is -0.605. The lowest BCUT2D eigenvalue weighted by Gasteiger charge is -2.32. The van der Waals surface area contributed by atoms with Gasteiger partial charge in [0.05, 0.1) is 11.2 Å². The van der Waals surface area contributed by atoms with E-state index in [2.05, 4.69) is 6.58 Å². The molecule has 1 aromatic rings. The van der Waals surface area contributed by atoms with Crippen LogP contribution in [0.15, 0.2) is 30.9 Å². The van der Waals surface area contributed by atoms with Gasteiger partial charge in [-0.1, -0.05) is 12.7 Å². The first-order valence-corrected chi connectivity index (χ1v) is 7.10. The van der Waals surface area contributed by atoms with Crippen molar-refractivity contribution in [1.82, 2.24) is 0 Å². The van der Waals surface area contributed by atoms with Crippen LogP contribution in [0.2, 0.25) is 0 Å². The molecule has 0 spiro atoms. The zero-order valence-electron chi connectivity index (χ0n) is 13.3. The van der Waals surface area contributed by atoms with Crippen LogP contribution in [-0.4, -0.2) is 24.4 Å². The number of hydrogen-bond donors (Lipinski definition) is 0. The monoisotopic (exact) mass is 292 g/mol. The van der Waals surface area contributed by atoms with Crippen molar-refractivity contribution >= 4 is 12.6 Å². The topological polar surface area (TPSA) is 27.7 Å². The zero-order chi connectivity index (χ0) is 15.8. The highest BCUT2D eigenvalue weighted by Gasteiger charge is 2.51. The molecule has 0 N–H and O–H groups in total. The van der Waals surface area contributed by atoms with Gasteiger partial charge in [-0.05, 0) is 52.2 Å². The van der Waals surface area contributed by atoms with Gasteiger partial charge in [0.2, 0.25) is 0 Å². The number of halogens is 1. The Bertz CT molecular complexity index is 526. The fourth-order valence-electron chi connectivity index (χ4n) is 2.03. The summed E-state index contributed by atoms with van der Waals surface area (Å²) < 4.78 is 31.2. The van der Waals surface area contributed by atoms with Gasteiger partial charge in [-0.2, -0.15) is 0 Å². The van der Waals surface area contributed by atoms with E-state index in [1.807, 2.05) is 34.6 Å². The predicted molar refractivity (Wildman–Crippen MR) is 82.4 cm³/mol. The fraction of sp³-hybridized carbons (Fsp3) is 0.500. The molecule has 1 aliphatic heterocycles. The highest BCUT2D eigenvalue weighted by Crippen LogP contribution is 2.36. The molecule has 1 fully saturated rings. The number of rotatable bonds is 4. The van der Waals surface area contributed by atoms with Gasteiger partial charge in [0.1, 0.15) is 17.7 Å². The minimum Gasteiger partial charge on any atom is -0.487 e. The van der Waals surface area contributed by atoms with Crippen LogP contribution in [0.3, 0.4) is 0 Å². The van der Waals surface area contributed by atoms with Crippen LogP contribution < -0.4 is 10.2 Å². The van der Waals surface area contributed by atoms with E-state index in [9.17, 15) is 4.39 Å². The van der Waals surface area contributed by atoms with Crippen molar-refractivity contribution in [3.8, 4) is 5.75 Å². The van der Waals surface area contributed by atoms with Crippen molar-refractivity contribution in [3.63, 3.8) is 0 Å². The van der Waals surface area contributed by atoms with E-state index in [1.165, 1.54) is 12.1 Å². The maximum atomic E-state index is 13.8. The highest BCUT2D eigenvalue weighted by atomic mass is 19.1. The van der Waals surface area contributed by atoms with E-state index in [1.54, 1.807) is 12.1 Å². The molecule has 0 bridgehead atoms. The molecule has 3 nitrogen and oxygen atoms in total. The molecule has 1 atom stereocenters. The van der Waals surface area contributed by atoms with Crippen LogP contribution in [0.5, 0.6) is 5.75 Å². The molecule has 0 radical (unpaired) electrons. The third-order valence-electron chi connectivity index (χ3n) is 4.07. The third-order valence-corrected chi connectivity index (χ3v) is 4.07. The van der Waals surface area contributed by atoms with Crippen molar-refractivity contribution < 1.29 is 18.4 Å². The molecule has 1 heterocycles. The smallest absolute Gasteiger partial charge is 0.487 e. The largest absolute Gasteiger partial charge is 0.495 e. The Morgan fingerprint density at radius 2 is 1.76 bits per heavy atom. The van der Waals surface area contributed by atoms with Gasteiger partial charge in [-0.3, -0.25) is 0 Å². The molecule has 0 aromatic heterocycles. The molecule has 0 aliphatic carbocycles. The summed E-state index contributed by atoms with van der Waals surface area (Å²) in [6, 6.07) is 4.49. The molecule has 21 heavy (non-hydrogen) atoms. The third kappa shape index (κ3) is 3.30. The molecule has 1 aliphatic rings. The summed E-state index contributed by atoms with van der Waals surface area (Å²) in [5.41, 5.74) is -0.307. The van der Waals surface area contributed by atoms with Gasteiger partial charge in [-0.15, -0.1) is 0 Å². The van der Waals surface area contributed by atoms with E-state index in [4.69, 9.17) is 14.0 Å². The summed E-state index contributed by atoms with van der Waals surface area (Å²) in [5.74, 6) is 0.0561. The van der Waals surface area contributed by atoms with Crippen molar-refractivity contribution in [2.45, 2.75) is 51.9 Å². The fourth-order valence-corrected chi connectivity index (χ4v) is 2.03. The van der Waals surface area contributed by atoms with E-state index < -0.39 is 18.3 Å². The summed E-state index contributed by atoms with van der Waals surface area (Å²) in [4.78, 5) is 0. The first-order chi connectivity index (χ1) is 9.64. The molecule has 1 saturated heterocycles. The Kier molecular flexibility index (Phi) is 4.18. The standard InChI is InChI=1S/C16H22BFO3/c1-7-11(2)19-14-9-12(8-13(18)10-14)17-20-15(3,4)16(5,6)21-17/h7-11H,1H2,2-6H3. The average molecular weight is 292 g/mol. The normalized spacial score (nSPS) is 21.1. The number of benzene rings is 1. The minimum atomic E-state index is -0.605. The second kappa shape index (κ2) is 5.46. The van der Waals surface area contributed by atoms with E-state index in [-0.39, 0.29) is 11.9 Å². The lowest BCUT2D eigenvalue weighted by Crippen LogP contribution is -2.41. The molecule has 2 rings (SSSR count). The van der Waals surface area contributed by atoms with Crippen LogP contribution in [0.4, 0.5) is 4.39 Å². The Labute approximate surface area is 126 Å². The number of ether oxygens (including phenoxy) is 1. The molecule has 0 amide bonds. The Morgan fingerprint density at radius 1 is 1.19 bits per heavy atom. The summed E-state index contributed by atoms with van der Waals surface area (Å²) in [6.45, 7) is 13.3. The first-order valence-electron chi connectivity index (χ1n) is 7.10.